The van der Waals surface area contributed by atoms with Crippen molar-refractivity contribution in [3.63, 3.8) is 0 Å². The minimum absolute atomic E-state index is 0.00403. The van der Waals surface area contributed by atoms with Gasteiger partial charge in [-0.15, -0.1) is 23.4 Å². The Balaban J connectivity index is 1.50. The number of benzene rings is 3. The molecular formula is C28H25Cl2F3N2O3S2. The molecule has 12 heteroatoms. The number of likely N-dealkylation sites (tertiary alicyclic amines) is 1. The van der Waals surface area contributed by atoms with E-state index in [4.69, 9.17) is 27.9 Å². The van der Waals surface area contributed by atoms with Gasteiger partial charge in [-0.25, -0.2) is 8.42 Å². The Morgan fingerprint density at radius 2 is 1.80 bits per heavy atom. The van der Waals surface area contributed by atoms with Crippen molar-refractivity contribution < 1.29 is 26.3 Å². The zero-order chi connectivity index (χ0) is 28.7. The van der Waals surface area contributed by atoms with Crippen LogP contribution in [0.2, 0.25) is 5.02 Å². The van der Waals surface area contributed by atoms with Crippen LogP contribution in [0.1, 0.15) is 28.4 Å². The predicted molar refractivity (Wildman–Crippen MR) is 154 cm³/mol. The summed E-state index contributed by atoms with van der Waals surface area (Å²) >= 11 is 14.0. The number of hydrogen-bond acceptors (Lipinski definition) is 5. The standard InChI is InChI=1S/C28H25Cl2F3N2O3S2/c1-35-14-13-22(17-35)38-21-6-4-5-20(15-21)34-40(36,37)25-16-27(30,23-7-2-3-8-24(23)28(31,32)33)26(39-25)18-9-11-19(29)12-10-18/h2-12,15-16,22,26,34H,13-14,17H2,1H3/t22-,26?,27?/m1/s1. The summed E-state index contributed by atoms with van der Waals surface area (Å²) in [5.74, 6) is 0.512. The third-order valence-corrected chi connectivity index (χ3v) is 11.0. The van der Waals surface area contributed by atoms with Crippen LogP contribution >= 0.6 is 35.0 Å². The van der Waals surface area contributed by atoms with E-state index in [1.807, 2.05) is 7.05 Å². The van der Waals surface area contributed by atoms with Crippen LogP contribution < -0.4 is 9.46 Å². The molecule has 2 heterocycles. The Morgan fingerprint density at radius 1 is 1.07 bits per heavy atom. The van der Waals surface area contributed by atoms with Crippen molar-refractivity contribution >= 4 is 50.7 Å². The molecule has 2 unspecified atom stereocenters. The average Bonchev–Trinajstić information content (AvgIpc) is 3.47. The first kappa shape index (κ1) is 29.1. The van der Waals surface area contributed by atoms with Crippen LogP contribution in [0.3, 0.4) is 0 Å². The first-order valence-electron chi connectivity index (χ1n) is 12.3. The summed E-state index contributed by atoms with van der Waals surface area (Å²) in [4.78, 5) is 0.321. The molecule has 0 saturated carbocycles. The van der Waals surface area contributed by atoms with Gasteiger partial charge in [0.05, 0.1) is 16.5 Å². The smallest absolute Gasteiger partial charge is 0.416 e. The van der Waals surface area contributed by atoms with Gasteiger partial charge in [0.1, 0.15) is 21.0 Å². The SMILES string of the molecule is CN1CC[C@@H](Oc2cccc(NS(=O)(=O)C3=CC(Cl)(c4ccccc4C(F)(F)F)C(c4ccc(Cl)cc4)S3)c2)C1. The quantitative estimate of drug-likeness (QED) is 0.272. The number of thioether (sulfide) groups is 1. The maximum atomic E-state index is 14.0. The molecule has 0 radical (unpaired) electrons. The summed E-state index contributed by atoms with van der Waals surface area (Å²) in [5, 5.41) is -0.466. The van der Waals surface area contributed by atoms with E-state index in [0.717, 1.165) is 37.3 Å². The van der Waals surface area contributed by atoms with E-state index in [9.17, 15) is 21.6 Å². The van der Waals surface area contributed by atoms with E-state index in [1.54, 1.807) is 48.5 Å². The van der Waals surface area contributed by atoms with Gasteiger partial charge in [0.2, 0.25) is 0 Å². The highest BCUT2D eigenvalue weighted by molar-refractivity contribution is 8.19. The molecule has 0 bridgehead atoms. The fourth-order valence-electron chi connectivity index (χ4n) is 4.88. The second kappa shape index (κ2) is 11.1. The highest BCUT2D eigenvalue weighted by atomic mass is 35.5. The van der Waals surface area contributed by atoms with Crippen molar-refractivity contribution in [1.29, 1.82) is 0 Å². The second-order valence-electron chi connectivity index (χ2n) is 9.75. The molecule has 2 aliphatic rings. The van der Waals surface area contributed by atoms with E-state index in [2.05, 4.69) is 9.62 Å². The first-order valence-corrected chi connectivity index (χ1v) is 15.5. The number of ether oxygens (including phenoxy) is 1. The minimum atomic E-state index is -4.70. The van der Waals surface area contributed by atoms with E-state index < -0.39 is 31.9 Å². The number of halogens is 5. The van der Waals surface area contributed by atoms with Crippen molar-refractivity contribution in [2.75, 3.05) is 24.9 Å². The van der Waals surface area contributed by atoms with Gasteiger partial charge in [0.15, 0.2) is 0 Å². The van der Waals surface area contributed by atoms with Crippen molar-refractivity contribution in [3.8, 4) is 5.75 Å². The number of hydrogen-bond donors (Lipinski definition) is 1. The maximum absolute atomic E-state index is 14.0. The second-order valence-corrected chi connectivity index (χ2v) is 13.9. The lowest BCUT2D eigenvalue weighted by Crippen LogP contribution is -2.25. The van der Waals surface area contributed by atoms with E-state index in [1.165, 1.54) is 24.3 Å². The van der Waals surface area contributed by atoms with Crippen molar-refractivity contribution in [2.45, 2.75) is 28.8 Å². The predicted octanol–water partition coefficient (Wildman–Crippen LogP) is 7.65. The molecule has 3 aromatic rings. The number of nitrogens with one attached hydrogen (secondary N) is 1. The molecule has 3 atom stereocenters. The van der Waals surface area contributed by atoms with Crippen molar-refractivity contribution in [2.24, 2.45) is 0 Å². The largest absolute Gasteiger partial charge is 0.489 e. The Bertz CT molecular complexity index is 1530. The van der Waals surface area contributed by atoms with Crippen molar-refractivity contribution in [3.05, 3.63) is 105 Å². The maximum Gasteiger partial charge on any atom is 0.416 e. The van der Waals surface area contributed by atoms with Crippen molar-refractivity contribution in [1.82, 2.24) is 4.90 Å². The molecule has 5 nitrogen and oxygen atoms in total. The molecule has 0 aromatic heterocycles. The molecule has 1 fully saturated rings. The number of allylic oxidation sites excluding steroid dienone is 1. The Labute approximate surface area is 245 Å². The highest BCUT2D eigenvalue weighted by Gasteiger charge is 2.50. The van der Waals surface area contributed by atoms with E-state index in [0.29, 0.717) is 16.3 Å². The number of anilines is 1. The molecule has 0 amide bonds. The lowest BCUT2D eigenvalue weighted by Gasteiger charge is -2.30. The fourth-order valence-corrected chi connectivity index (χ4v) is 8.61. The summed E-state index contributed by atoms with van der Waals surface area (Å²) in [6.07, 6.45) is -2.65. The lowest BCUT2D eigenvalue weighted by molar-refractivity contribution is -0.138. The first-order chi connectivity index (χ1) is 18.8. The molecule has 40 heavy (non-hydrogen) atoms. The zero-order valence-corrected chi connectivity index (χ0v) is 24.3. The van der Waals surface area contributed by atoms with Gasteiger partial charge in [0, 0.05) is 24.2 Å². The Hall–Kier alpha value is -2.37. The monoisotopic (exact) mass is 628 g/mol. The molecule has 1 saturated heterocycles. The summed E-state index contributed by atoms with van der Waals surface area (Å²) in [7, 11) is -2.22. The number of alkyl halides is 4. The van der Waals surface area contributed by atoms with Crippen LogP contribution in [0, 0.1) is 0 Å². The molecule has 0 aliphatic carbocycles. The summed E-state index contributed by atoms with van der Waals surface area (Å²) < 4.78 is 77.6. The van der Waals surface area contributed by atoms with Crippen LogP contribution in [0.15, 0.2) is 83.1 Å². The van der Waals surface area contributed by atoms with Gasteiger partial charge >= 0.3 is 6.18 Å². The minimum Gasteiger partial charge on any atom is -0.489 e. The molecule has 5 rings (SSSR count). The van der Waals surface area contributed by atoms with Gasteiger partial charge in [-0.3, -0.25) is 4.72 Å². The number of rotatable bonds is 7. The Morgan fingerprint density at radius 3 is 2.48 bits per heavy atom. The third-order valence-electron chi connectivity index (χ3n) is 6.76. The molecule has 1 N–H and O–H groups in total. The lowest BCUT2D eigenvalue weighted by atomic mass is 9.87. The molecule has 212 valence electrons. The van der Waals surface area contributed by atoms with Gasteiger partial charge in [-0.05, 0) is 61.0 Å². The van der Waals surface area contributed by atoms with Crippen LogP contribution in [-0.4, -0.2) is 39.6 Å². The molecule has 3 aromatic carbocycles. The van der Waals surface area contributed by atoms with E-state index in [-0.39, 0.29) is 21.6 Å². The fraction of sp³-hybridized carbons (Fsp3) is 0.286. The van der Waals surface area contributed by atoms with Crippen LogP contribution in [0.5, 0.6) is 5.75 Å². The number of sulfonamides is 1. The normalized spacial score (nSPS) is 23.7. The third kappa shape index (κ3) is 6.11. The average molecular weight is 630 g/mol. The van der Waals surface area contributed by atoms with Crippen LogP contribution in [0.4, 0.5) is 18.9 Å². The molecule has 2 aliphatic heterocycles. The zero-order valence-electron chi connectivity index (χ0n) is 21.2. The van der Waals surface area contributed by atoms with Gasteiger partial charge in [-0.1, -0.05) is 48.0 Å². The number of nitrogens with zero attached hydrogens (tertiary/aromatic N) is 1. The van der Waals surface area contributed by atoms with Gasteiger partial charge < -0.3 is 9.64 Å². The summed E-state index contributed by atoms with van der Waals surface area (Å²) in [6, 6.07) is 17.9. The molecule has 0 spiro atoms. The van der Waals surface area contributed by atoms with Crippen LogP contribution in [-0.2, 0) is 21.1 Å². The highest BCUT2D eigenvalue weighted by Crippen LogP contribution is 2.61. The van der Waals surface area contributed by atoms with Gasteiger partial charge in [-0.2, -0.15) is 13.2 Å². The molecular weight excluding hydrogens is 604 g/mol. The number of likely N-dealkylation sites (N-methyl/N-ethyl adjacent to an activating group) is 1. The topological polar surface area (TPSA) is 58.6 Å². The Kier molecular flexibility index (Phi) is 8.11. The van der Waals surface area contributed by atoms with Crippen LogP contribution in [0.25, 0.3) is 0 Å². The van der Waals surface area contributed by atoms with Gasteiger partial charge in [0.25, 0.3) is 10.0 Å². The summed E-state index contributed by atoms with van der Waals surface area (Å²) in [6.45, 7) is 1.68. The van der Waals surface area contributed by atoms with E-state index >= 15 is 0 Å². The summed E-state index contributed by atoms with van der Waals surface area (Å²) in [5.41, 5.74) is -0.385.